The van der Waals surface area contributed by atoms with E-state index < -0.39 is 0 Å². The first-order chi connectivity index (χ1) is 26.0. The topological polar surface area (TPSA) is 57.1 Å². The Labute approximate surface area is 308 Å². The highest BCUT2D eigenvalue weighted by molar-refractivity contribution is 5.83. The Kier molecular flexibility index (Phi) is 7.08. The highest BCUT2D eigenvalue weighted by atomic mass is 16.6. The van der Waals surface area contributed by atoms with Gasteiger partial charge in [0.2, 0.25) is 0 Å². The van der Waals surface area contributed by atoms with Crippen LogP contribution in [0.1, 0.15) is 25.0 Å². The molecule has 2 aliphatic rings. The zero-order chi connectivity index (χ0) is 35.5. The third-order valence-corrected chi connectivity index (χ3v) is 10.4. The molecule has 5 heteroatoms. The van der Waals surface area contributed by atoms with Gasteiger partial charge in [-0.25, -0.2) is 15.0 Å². The van der Waals surface area contributed by atoms with Crippen molar-refractivity contribution in [2.45, 2.75) is 19.3 Å². The fraction of sp³-hybridized carbons (Fsp3) is 0.0625. The maximum atomic E-state index is 6.60. The van der Waals surface area contributed by atoms with Crippen LogP contribution in [-0.2, 0) is 5.41 Å². The van der Waals surface area contributed by atoms with Gasteiger partial charge in [-0.1, -0.05) is 147 Å². The fourth-order valence-electron chi connectivity index (χ4n) is 7.56. The average molecular weight is 684 g/mol. The van der Waals surface area contributed by atoms with Crippen molar-refractivity contribution >= 4 is 0 Å². The second-order valence-corrected chi connectivity index (χ2v) is 14.1. The summed E-state index contributed by atoms with van der Waals surface area (Å²) < 4.78 is 13.1. The molecule has 0 amide bonds. The molecule has 10 rings (SSSR count). The van der Waals surface area contributed by atoms with Crippen LogP contribution in [0.25, 0.3) is 67.5 Å². The van der Waals surface area contributed by atoms with E-state index >= 15 is 0 Å². The molecule has 8 aromatic rings. The van der Waals surface area contributed by atoms with Crippen molar-refractivity contribution in [2.24, 2.45) is 0 Å². The van der Waals surface area contributed by atoms with E-state index in [-0.39, 0.29) is 5.41 Å². The minimum atomic E-state index is -0.150. The van der Waals surface area contributed by atoms with Gasteiger partial charge in [0.1, 0.15) is 0 Å². The van der Waals surface area contributed by atoms with Crippen molar-refractivity contribution in [3.8, 4) is 90.5 Å². The first kappa shape index (κ1) is 30.9. The van der Waals surface area contributed by atoms with Gasteiger partial charge in [0, 0.05) is 22.1 Å². The van der Waals surface area contributed by atoms with Crippen LogP contribution in [0.4, 0.5) is 0 Å². The number of hydrogen-bond acceptors (Lipinski definition) is 5. The smallest absolute Gasteiger partial charge is 0.170 e. The van der Waals surface area contributed by atoms with Gasteiger partial charge in [0.25, 0.3) is 0 Å². The molecule has 0 fully saturated rings. The van der Waals surface area contributed by atoms with E-state index in [1.54, 1.807) is 0 Å². The molecule has 0 saturated carbocycles. The molecule has 53 heavy (non-hydrogen) atoms. The Morgan fingerprint density at radius 2 is 0.774 bits per heavy atom. The van der Waals surface area contributed by atoms with Crippen molar-refractivity contribution in [1.82, 2.24) is 15.0 Å². The van der Waals surface area contributed by atoms with Crippen LogP contribution < -0.4 is 9.47 Å². The van der Waals surface area contributed by atoms with Crippen molar-refractivity contribution in [3.05, 3.63) is 175 Å². The summed E-state index contributed by atoms with van der Waals surface area (Å²) in [4.78, 5) is 15.1. The van der Waals surface area contributed by atoms with Crippen LogP contribution >= 0.6 is 0 Å². The molecule has 0 spiro atoms. The standard InChI is InChI=1S/C48H33N3O2/c1-48(2)39-16-10-9-15-37(39)38-28-43-44(29-40(38)48)53-42-27-36(25-26-41(42)52-43)47-50-45(34-21-17-32(18-22-34)30-11-5-3-6-12-30)49-46(51-47)35-23-19-33(20-24-35)31-13-7-4-8-14-31/h3-29H,1-2H3. The molecule has 1 aliphatic heterocycles. The summed E-state index contributed by atoms with van der Waals surface area (Å²) >= 11 is 0. The molecule has 1 aliphatic carbocycles. The van der Waals surface area contributed by atoms with E-state index in [0.717, 1.165) is 38.9 Å². The SMILES string of the molecule is CC1(C)c2ccccc2-c2cc3c(cc21)Oc1cc(-c2nc(-c4ccc(-c5ccccc5)cc4)nc(-c4ccc(-c5ccccc5)cc4)n2)ccc1O3. The first-order valence-electron chi connectivity index (χ1n) is 17.8. The molecule has 0 bridgehead atoms. The summed E-state index contributed by atoms with van der Waals surface area (Å²) in [5, 5.41) is 0. The van der Waals surface area contributed by atoms with E-state index in [9.17, 15) is 0 Å². The van der Waals surface area contributed by atoms with Crippen molar-refractivity contribution in [1.29, 1.82) is 0 Å². The largest absolute Gasteiger partial charge is 0.449 e. The fourth-order valence-corrected chi connectivity index (χ4v) is 7.56. The summed E-state index contributed by atoms with van der Waals surface area (Å²) in [7, 11) is 0. The van der Waals surface area contributed by atoms with Gasteiger partial charge < -0.3 is 9.47 Å². The molecule has 1 aromatic heterocycles. The lowest BCUT2D eigenvalue weighted by atomic mass is 9.82. The highest BCUT2D eigenvalue weighted by Gasteiger charge is 2.37. The molecule has 252 valence electrons. The number of benzene rings is 7. The van der Waals surface area contributed by atoms with Gasteiger partial charge in [-0.15, -0.1) is 0 Å². The Morgan fingerprint density at radius 3 is 1.38 bits per heavy atom. The predicted molar refractivity (Wildman–Crippen MR) is 211 cm³/mol. The van der Waals surface area contributed by atoms with Gasteiger partial charge >= 0.3 is 0 Å². The monoisotopic (exact) mass is 683 g/mol. The van der Waals surface area contributed by atoms with Crippen LogP contribution in [0, 0.1) is 0 Å². The molecular weight excluding hydrogens is 651 g/mol. The molecule has 2 heterocycles. The summed E-state index contributed by atoms with van der Waals surface area (Å²) in [6.45, 7) is 4.53. The number of fused-ring (bicyclic) bond motifs is 5. The normalized spacial score (nSPS) is 13.2. The van der Waals surface area contributed by atoms with Crippen molar-refractivity contribution in [3.63, 3.8) is 0 Å². The van der Waals surface area contributed by atoms with E-state index in [1.165, 1.54) is 22.3 Å². The van der Waals surface area contributed by atoms with Crippen LogP contribution in [0.3, 0.4) is 0 Å². The van der Waals surface area contributed by atoms with Crippen molar-refractivity contribution in [2.75, 3.05) is 0 Å². The van der Waals surface area contributed by atoms with E-state index in [2.05, 4.69) is 147 Å². The lowest BCUT2D eigenvalue weighted by Gasteiger charge is -2.25. The summed E-state index contributed by atoms with van der Waals surface area (Å²) in [5.74, 6) is 4.40. The highest BCUT2D eigenvalue weighted by Crippen LogP contribution is 2.55. The maximum Gasteiger partial charge on any atom is 0.170 e. The third kappa shape index (κ3) is 5.37. The Balaban J connectivity index is 1.04. The molecule has 5 nitrogen and oxygen atoms in total. The third-order valence-electron chi connectivity index (χ3n) is 10.4. The van der Waals surface area contributed by atoms with Crippen LogP contribution in [0.2, 0.25) is 0 Å². The average Bonchev–Trinajstić information content (AvgIpc) is 3.44. The molecule has 0 unspecified atom stereocenters. The summed E-state index contributed by atoms with van der Waals surface area (Å²) in [5.41, 5.74) is 12.0. The van der Waals surface area contributed by atoms with E-state index in [4.69, 9.17) is 24.4 Å². The minimum Gasteiger partial charge on any atom is -0.449 e. The maximum absolute atomic E-state index is 6.60. The molecule has 0 radical (unpaired) electrons. The molecule has 0 saturated heterocycles. The van der Waals surface area contributed by atoms with Gasteiger partial charge in [-0.05, 0) is 74.8 Å². The Hall–Kier alpha value is -6.85. The lowest BCUT2D eigenvalue weighted by molar-refractivity contribution is 0.359. The van der Waals surface area contributed by atoms with E-state index in [1.807, 2.05) is 30.3 Å². The quantitative estimate of drug-likeness (QED) is 0.181. The second kappa shape index (κ2) is 12.1. The van der Waals surface area contributed by atoms with Gasteiger partial charge in [0.15, 0.2) is 40.5 Å². The van der Waals surface area contributed by atoms with E-state index in [0.29, 0.717) is 40.5 Å². The van der Waals surface area contributed by atoms with Crippen LogP contribution in [0.15, 0.2) is 164 Å². The summed E-state index contributed by atoms with van der Waals surface area (Å²) in [6.07, 6.45) is 0. The number of rotatable bonds is 5. The lowest BCUT2D eigenvalue weighted by Crippen LogP contribution is -2.15. The number of aromatic nitrogens is 3. The van der Waals surface area contributed by atoms with Crippen molar-refractivity contribution < 1.29 is 9.47 Å². The molecule has 0 atom stereocenters. The van der Waals surface area contributed by atoms with Gasteiger partial charge in [-0.3, -0.25) is 0 Å². The minimum absolute atomic E-state index is 0.150. The second-order valence-electron chi connectivity index (χ2n) is 14.1. The van der Waals surface area contributed by atoms with Crippen LogP contribution in [0.5, 0.6) is 23.0 Å². The molecule has 0 N–H and O–H groups in total. The zero-order valence-corrected chi connectivity index (χ0v) is 29.2. The van der Waals surface area contributed by atoms with Gasteiger partial charge in [0.05, 0.1) is 0 Å². The first-order valence-corrected chi connectivity index (χ1v) is 17.8. The predicted octanol–water partition coefficient (Wildman–Crippen LogP) is 12.4. The summed E-state index contributed by atoms with van der Waals surface area (Å²) in [6, 6.07) is 56.2. The Morgan fingerprint density at radius 1 is 0.340 bits per heavy atom. The van der Waals surface area contributed by atoms with Crippen LogP contribution in [-0.4, -0.2) is 15.0 Å². The molecule has 7 aromatic carbocycles. The van der Waals surface area contributed by atoms with Gasteiger partial charge in [-0.2, -0.15) is 0 Å². The zero-order valence-electron chi connectivity index (χ0n) is 29.2. The number of hydrogen-bond donors (Lipinski definition) is 0. The molecular formula is C48H33N3O2. The number of ether oxygens (including phenoxy) is 2. The Bertz CT molecular complexity index is 2570. The number of nitrogens with zero attached hydrogens (tertiary/aromatic N) is 3.